The van der Waals surface area contributed by atoms with Gasteiger partial charge in [-0.3, -0.25) is 4.68 Å². The van der Waals surface area contributed by atoms with E-state index in [1.807, 2.05) is 23.9 Å². The lowest BCUT2D eigenvalue weighted by atomic mass is 9.87. The summed E-state index contributed by atoms with van der Waals surface area (Å²) in [5, 5.41) is 15.8. The standard InChI is InChI=1S/C15H22N2O/c1-15(2,3)10-11(18)9-13-12-7-5-6-8-14(12)17(4)16-13/h5-8,11,18H,9-10H2,1-4H3. The first-order chi connectivity index (χ1) is 8.37. The molecule has 2 aromatic rings. The van der Waals surface area contributed by atoms with Crippen molar-refractivity contribution in [1.29, 1.82) is 0 Å². The maximum absolute atomic E-state index is 10.2. The number of fused-ring (bicyclic) bond motifs is 1. The summed E-state index contributed by atoms with van der Waals surface area (Å²) in [7, 11) is 1.95. The van der Waals surface area contributed by atoms with E-state index in [2.05, 4.69) is 38.0 Å². The molecule has 1 atom stereocenters. The van der Waals surface area contributed by atoms with Gasteiger partial charge < -0.3 is 5.11 Å². The predicted molar refractivity (Wildman–Crippen MR) is 74.5 cm³/mol. The number of aromatic nitrogens is 2. The third kappa shape index (κ3) is 2.91. The molecule has 0 saturated carbocycles. The van der Waals surface area contributed by atoms with Gasteiger partial charge in [0.25, 0.3) is 0 Å². The van der Waals surface area contributed by atoms with E-state index in [1.165, 1.54) is 0 Å². The Hall–Kier alpha value is -1.35. The van der Waals surface area contributed by atoms with Crippen molar-refractivity contribution in [2.45, 2.75) is 39.7 Å². The molecule has 0 aliphatic heterocycles. The van der Waals surface area contributed by atoms with Crippen molar-refractivity contribution < 1.29 is 5.11 Å². The Kier molecular flexibility index (Phi) is 3.44. The van der Waals surface area contributed by atoms with E-state index in [-0.39, 0.29) is 11.5 Å². The number of para-hydroxylation sites is 1. The van der Waals surface area contributed by atoms with Crippen molar-refractivity contribution in [2.24, 2.45) is 12.5 Å². The highest BCUT2D eigenvalue weighted by Gasteiger charge is 2.19. The van der Waals surface area contributed by atoms with Crippen molar-refractivity contribution in [3.63, 3.8) is 0 Å². The van der Waals surface area contributed by atoms with Crippen molar-refractivity contribution in [2.75, 3.05) is 0 Å². The molecule has 0 spiro atoms. The summed E-state index contributed by atoms with van der Waals surface area (Å²) in [5.74, 6) is 0. The minimum absolute atomic E-state index is 0.143. The van der Waals surface area contributed by atoms with Crippen molar-refractivity contribution in [3.05, 3.63) is 30.0 Å². The first-order valence-electron chi connectivity index (χ1n) is 6.45. The molecule has 0 aliphatic carbocycles. The molecule has 3 heteroatoms. The maximum Gasteiger partial charge on any atom is 0.0728 e. The molecule has 0 aliphatic rings. The zero-order valence-corrected chi connectivity index (χ0v) is 11.6. The summed E-state index contributed by atoms with van der Waals surface area (Å²) in [6, 6.07) is 8.16. The van der Waals surface area contributed by atoms with Crippen LogP contribution in [0.1, 0.15) is 32.9 Å². The zero-order valence-electron chi connectivity index (χ0n) is 11.6. The van der Waals surface area contributed by atoms with E-state index < -0.39 is 0 Å². The number of hydrogen-bond acceptors (Lipinski definition) is 2. The number of aliphatic hydroxyl groups is 1. The quantitative estimate of drug-likeness (QED) is 0.904. The normalized spacial score (nSPS) is 14.1. The van der Waals surface area contributed by atoms with E-state index in [1.54, 1.807) is 0 Å². The van der Waals surface area contributed by atoms with Crippen LogP contribution in [0.4, 0.5) is 0 Å². The van der Waals surface area contributed by atoms with Gasteiger partial charge in [0.1, 0.15) is 0 Å². The van der Waals surface area contributed by atoms with Gasteiger partial charge >= 0.3 is 0 Å². The Morgan fingerprint density at radius 2 is 1.94 bits per heavy atom. The molecule has 18 heavy (non-hydrogen) atoms. The van der Waals surface area contributed by atoms with Gasteiger partial charge in [0.05, 0.1) is 17.3 Å². The number of nitrogens with zero attached hydrogens (tertiary/aromatic N) is 2. The fourth-order valence-electron chi connectivity index (χ4n) is 2.44. The van der Waals surface area contributed by atoms with Crippen LogP contribution < -0.4 is 0 Å². The summed E-state index contributed by atoms with van der Waals surface area (Å²) in [5.41, 5.74) is 2.25. The fraction of sp³-hybridized carbons (Fsp3) is 0.533. The highest BCUT2D eigenvalue weighted by molar-refractivity contribution is 5.81. The van der Waals surface area contributed by atoms with Gasteiger partial charge in [-0.1, -0.05) is 39.0 Å². The van der Waals surface area contributed by atoms with Gasteiger partial charge in [-0.05, 0) is 17.9 Å². The Labute approximate surface area is 108 Å². The van der Waals surface area contributed by atoms with Crippen molar-refractivity contribution >= 4 is 10.9 Å². The fourth-order valence-corrected chi connectivity index (χ4v) is 2.44. The second-order valence-corrected chi connectivity index (χ2v) is 6.21. The molecule has 3 nitrogen and oxygen atoms in total. The monoisotopic (exact) mass is 246 g/mol. The first-order valence-corrected chi connectivity index (χ1v) is 6.45. The van der Waals surface area contributed by atoms with E-state index >= 15 is 0 Å². The number of hydrogen-bond donors (Lipinski definition) is 1. The van der Waals surface area contributed by atoms with Crippen LogP contribution >= 0.6 is 0 Å². The number of rotatable bonds is 3. The highest BCUT2D eigenvalue weighted by atomic mass is 16.3. The number of benzene rings is 1. The van der Waals surface area contributed by atoms with E-state index in [0.29, 0.717) is 6.42 Å². The average molecular weight is 246 g/mol. The molecule has 1 N–H and O–H groups in total. The van der Waals surface area contributed by atoms with Gasteiger partial charge in [0.15, 0.2) is 0 Å². The maximum atomic E-state index is 10.2. The van der Waals surface area contributed by atoms with Crippen LogP contribution in [0.15, 0.2) is 24.3 Å². The molecule has 1 aromatic heterocycles. The van der Waals surface area contributed by atoms with Crippen molar-refractivity contribution in [3.8, 4) is 0 Å². The summed E-state index contributed by atoms with van der Waals surface area (Å²) in [4.78, 5) is 0. The Balaban J connectivity index is 2.22. The summed E-state index contributed by atoms with van der Waals surface area (Å²) >= 11 is 0. The number of aliphatic hydroxyl groups excluding tert-OH is 1. The third-order valence-corrected chi connectivity index (χ3v) is 3.11. The van der Waals surface area contributed by atoms with E-state index in [9.17, 15) is 5.11 Å². The average Bonchev–Trinajstić information content (AvgIpc) is 2.54. The Morgan fingerprint density at radius 1 is 1.28 bits per heavy atom. The largest absolute Gasteiger partial charge is 0.393 e. The van der Waals surface area contributed by atoms with Gasteiger partial charge in [-0.15, -0.1) is 0 Å². The number of aryl methyl sites for hydroxylation is 1. The van der Waals surface area contributed by atoms with Crippen molar-refractivity contribution in [1.82, 2.24) is 9.78 Å². The van der Waals surface area contributed by atoms with E-state index in [4.69, 9.17) is 0 Å². The molecule has 1 heterocycles. The second kappa shape index (κ2) is 4.73. The summed E-state index contributed by atoms with van der Waals surface area (Å²) in [6.07, 6.45) is 1.08. The molecule has 0 fully saturated rings. The highest BCUT2D eigenvalue weighted by Crippen LogP contribution is 2.24. The second-order valence-electron chi connectivity index (χ2n) is 6.21. The van der Waals surface area contributed by atoms with Crippen LogP contribution in [-0.4, -0.2) is 21.0 Å². The van der Waals surface area contributed by atoms with Gasteiger partial charge in [-0.25, -0.2) is 0 Å². The lowest BCUT2D eigenvalue weighted by molar-refractivity contribution is 0.121. The molecule has 0 radical (unpaired) electrons. The van der Waals surface area contributed by atoms with Gasteiger partial charge in [-0.2, -0.15) is 5.10 Å². The predicted octanol–water partition coefficient (Wildman–Crippen LogP) is 2.91. The van der Waals surface area contributed by atoms with Crippen LogP contribution in [0, 0.1) is 5.41 Å². The molecule has 0 amide bonds. The molecule has 1 aromatic carbocycles. The summed E-state index contributed by atoms with van der Waals surface area (Å²) in [6.45, 7) is 6.44. The lowest BCUT2D eigenvalue weighted by Crippen LogP contribution is -2.20. The molecule has 0 saturated heterocycles. The van der Waals surface area contributed by atoms with Crippen LogP contribution in [-0.2, 0) is 13.5 Å². The smallest absolute Gasteiger partial charge is 0.0728 e. The molecular formula is C15H22N2O. The SMILES string of the molecule is Cn1nc(CC(O)CC(C)(C)C)c2ccccc21. The molecule has 2 rings (SSSR count). The molecule has 0 bridgehead atoms. The van der Waals surface area contributed by atoms with Crippen LogP contribution in [0.25, 0.3) is 10.9 Å². The first kappa shape index (κ1) is 13.1. The topological polar surface area (TPSA) is 38.0 Å². The van der Waals surface area contributed by atoms with Gasteiger partial charge in [0.2, 0.25) is 0 Å². The van der Waals surface area contributed by atoms with E-state index in [0.717, 1.165) is 23.0 Å². The Bertz CT molecular complexity index is 537. The summed E-state index contributed by atoms with van der Waals surface area (Å²) < 4.78 is 1.88. The van der Waals surface area contributed by atoms with Gasteiger partial charge in [0, 0.05) is 18.9 Å². The van der Waals surface area contributed by atoms with Crippen LogP contribution in [0.5, 0.6) is 0 Å². The molecule has 1 unspecified atom stereocenters. The Morgan fingerprint density at radius 3 is 2.61 bits per heavy atom. The minimum atomic E-state index is -0.330. The van der Waals surface area contributed by atoms with Crippen LogP contribution in [0.3, 0.4) is 0 Å². The molecular weight excluding hydrogens is 224 g/mol. The third-order valence-electron chi connectivity index (χ3n) is 3.11. The van der Waals surface area contributed by atoms with Crippen LogP contribution in [0.2, 0.25) is 0 Å². The molecule has 98 valence electrons. The minimum Gasteiger partial charge on any atom is -0.393 e. The lowest BCUT2D eigenvalue weighted by Gasteiger charge is -2.21. The zero-order chi connectivity index (χ0) is 13.3.